The summed E-state index contributed by atoms with van der Waals surface area (Å²) in [5.74, 6) is 0. The molecule has 0 aliphatic carbocycles. The van der Waals surface area contributed by atoms with Crippen LogP contribution < -0.4 is 0 Å². The number of nitriles is 2. The van der Waals surface area contributed by atoms with Crippen molar-refractivity contribution in [2.45, 2.75) is 0 Å². The Bertz CT molecular complexity index is 2430. The minimum absolute atomic E-state index is 0.639. The van der Waals surface area contributed by atoms with Gasteiger partial charge in [0.1, 0.15) is 0 Å². The van der Waals surface area contributed by atoms with Gasteiger partial charge in [-0.1, -0.05) is 66.7 Å². The van der Waals surface area contributed by atoms with E-state index in [9.17, 15) is 10.5 Å². The first-order chi connectivity index (χ1) is 20.7. The number of hydrogen-bond donors (Lipinski definition) is 0. The molecular formula is C38H22N4. The summed E-state index contributed by atoms with van der Waals surface area (Å²) in [5.41, 5.74) is 10.0. The Kier molecular flexibility index (Phi) is 5.22. The first-order valence-electron chi connectivity index (χ1n) is 13.8. The van der Waals surface area contributed by atoms with Crippen molar-refractivity contribution in [1.82, 2.24) is 9.13 Å². The van der Waals surface area contributed by atoms with E-state index in [-0.39, 0.29) is 0 Å². The molecule has 4 heteroatoms. The fraction of sp³-hybridized carbons (Fsp3) is 0. The van der Waals surface area contributed by atoms with Gasteiger partial charge in [-0.15, -0.1) is 0 Å². The van der Waals surface area contributed by atoms with Gasteiger partial charge in [-0.2, -0.15) is 10.5 Å². The van der Waals surface area contributed by atoms with Crippen LogP contribution in [0.2, 0.25) is 0 Å². The van der Waals surface area contributed by atoms with E-state index in [1.54, 1.807) is 0 Å². The second kappa shape index (κ2) is 9.24. The summed E-state index contributed by atoms with van der Waals surface area (Å²) in [6.07, 6.45) is 0. The Labute approximate surface area is 242 Å². The summed E-state index contributed by atoms with van der Waals surface area (Å²) in [6.45, 7) is 0. The lowest BCUT2D eigenvalue weighted by atomic mass is 10.0. The van der Waals surface area contributed by atoms with Crippen LogP contribution in [0.25, 0.3) is 66.1 Å². The van der Waals surface area contributed by atoms with Gasteiger partial charge in [0, 0.05) is 38.5 Å². The van der Waals surface area contributed by atoms with Gasteiger partial charge in [0.25, 0.3) is 0 Å². The first kappa shape index (κ1) is 23.8. The molecule has 0 saturated carbocycles. The lowest BCUT2D eigenvalue weighted by molar-refractivity contribution is 1.17. The predicted molar refractivity (Wildman–Crippen MR) is 170 cm³/mol. The van der Waals surface area contributed by atoms with Gasteiger partial charge < -0.3 is 9.13 Å². The van der Waals surface area contributed by atoms with Gasteiger partial charge in [0.05, 0.1) is 45.3 Å². The van der Waals surface area contributed by atoms with Gasteiger partial charge in [0.15, 0.2) is 0 Å². The Morgan fingerprint density at radius 1 is 0.429 bits per heavy atom. The van der Waals surface area contributed by atoms with Crippen molar-refractivity contribution in [3.05, 3.63) is 145 Å². The molecule has 194 valence electrons. The van der Waals surface area contributed by atoms with Crippen LogP contribution in [-0.4, -0.2) is 9.13 Å². The minimum atomic E-state index is 0.639. The van der Waals surface area contributed by atoms with Crippen LogP contribution in [-0.2, 0) is 0 Å². The summed E-state index contributed by atoms with van der Waals surface area (Å²) in [4.78, 5) is 0. The van der Waals surface area contributed by atoms with Crippen molar-refractivity contribution in [3.63, 3.8) is 0 Å². The maximum atomic E-state index is 9.55. The Morgan fingerprint density at radius 2 is 1.05 bits per heavy atom. The Morgan fingerprint density at radius 3 is 1.81 bits per heavy atom. The summed E-state index contributed by atoms with van der Waals surface area (Å²) < 4.78 is 4.59. The highest BCUT2D eigenvalue weighted by molar-refractivity contribution is 6.14. The van der Waals surface area contributed by atoms with Crippen LogP contribution in [0.15, 0.2) is 133 Å². The minimum Gasteiger partial charge on any atom is -0.309 e. The summed E-state index contributed by atoms with van der Waals surface area (Å²) in [5, 5.41) is 23.5. The van der Waals surface area contributed by atoms with Crippen molar-refractivity contribution in [2.75, 3.05) is 0 Å². The van der Waals surface area contributed by atoms with Crippen molar-refractivity contribution in [1.29, 1.82) is 10.5 Å². The zero-order valence-electron chi connectivity index (χ0n) is 22.5. The van der Waals surface area contributed by atoms with Crippen LogP contribution in [0, 0.1) is 22.7 Å². The average Bonchev–Trinajstić information content (AvgIpc) is 3.57. The molecule has 6 aromatic carbocycles. The highest BCUT2D eigenvalue weighted by atomic mass is 15.0. The molecule has 8 rings (SSSR count). The molecule has 0 radical (unpaired) electrons. The molecule has 0 aliphatic rings. The van der Waals surface area contributed by atoms with Crippen molar-refractivity contribution in [2.24, 2.45) is 0 Å². The van der Waals surface area contributed by atoms with Crippen molar-refractivity contribution >= 4 is 43.6 Å². The van der Waals surface area contributed by atoms with Crippen LogP contribution in [0.1, 0.15) is 11.1 Å². The molecule has 0 unspecified atom stereocenters. The van der Waals surface area contributed by atoms with E-state index in [4.69, 9.17) is 0 Å². The van der Waals surface area contributed by atoms with Crippen LogP contribution >= 0.6 is 0 Å². The fourth-order valence-corrected chi connectivity index (χ4v) is 6.34. The molecular weight excluding hydrogens is 512 g/mol. The third kappa shape index (κ3) is 3.47. The molecule has 8 aromatic rings. The van der Waals surface area contributed by atoms with Crippen LogP contribution in [0.4, 0.5) is 0 Å². The SMILES string of the molecule is N#Cc1ccc(-n2c3ccccc3c3cccc(-c4cccc(-n5c6ccccc6c6cc(C#N)ccc65)c4)c32)cc1. The number of para-hydroxylation sites is 3. The number of rotatable bonds is 3. The molecule has 4 nitrogen and oxygen atoms in total. The van der Waals surface area contributed by atoms with Gasteiger partial charge >= 0.3 is 0 Å². The van der Waals surface area contributed by atoms with Gasteiger partial charge in [0.2, 0.25) is 0 Å². The smallest absolute Gasteiger partial charge is 0.0991 e. The van der Waals surface area contributed by atoms with Crippen molar-refractivity contribution in [3.8, 4) is 34.6 Å². The first-order valence-corrected chi connectivity index (χ1v) is 13.8. The largest absolute Gasteiger partial charge is 0.309 e. The molecule has 0 aliphatic heterocycles. The molecule has 0 saturated heterocycles. The zero-order valence-corrected chi connectivity index (χ0v) is 22.5. The molecule has 0 fully saturated rings. The summed E-state index contributed by atoms with van der Waals surface area (Å²) in [6, 6.07) is 50.2. The van der Waals surface area contributed by atoms with Crippen LogP contribution in [0.5, 0.6) is 0 Å². The van der Waals surface area contributed by atoms with Crippen molar-refractivity contribution < 1.29 is 0 Å². The molecule has 0 atom stereocenters. The Hall–Kier alpha value is -6.10. The molecule has 2 aromatic heterocycles. The highest BCUT2D eigenvalue weighted by Gasteiger charge is 2.18. The third-order valence-corrected chi connectivity index (χ3v) is 8.17. The molecule has 0 spiro atoms. The van der Waals surface area contributed by atoms with E-state index in [1.807, 2.05) is 48.5 Å². The average molecular weight is 535 g/mol. The van der Waals surface area contributed by atoms with E-state index >= 15 is 0 Å². The topological polar surface area (TPSA) is 57.4 Å². The molecule has 0 amide bonds. The molecule has 42 heavy (non-hydrogen) atoms. The number of fused-ring (bicyclic) bond motifs is 6. The maximum absolute atomic E-state index is 9.55. The van der Waals surface area contributed by atoms with E-state index in [2.05, 4.69) is 106 Å². The Balaban J connectivity index is 1.41. The second-order valence-corrected chi connectivity index (χ2v) is 10.5. The highest BCUT2D eigenvalue weighted by Crippen LogP contribution is 2.39. The number of benzene rings is 6. The zero-order chi connectivity index (χ0) is 28.2. The van der Waals surface area contributed by atoms with E-state index in [0.717, 1.165) is 55.3 Å². The van der Waals surface area contributed by atoms with E-state index < -0.39 is 0 Å². The molecule has 0 bridgehead atoms. The van der Waals surface area contributed by atoms with Gasteiger partial charge in [-0.25, -0.2) is 0 Å². The number of aromatic nitrogens is 2. The van der Waals surface area contributed by atoms with Crippen LogP contribution in [0.3, 0.4) is 0 Å². The van der Waals surface area contributed by atoms with Gasteiger partial charge in [-0.3, -0.25) is 0 Å². The fourth-order valence-electron chi connectivity index (χ4n) is 6.34. The van der Waals surface area contributed by atoms with Gasteiger partial charge in [-0.05, 0) is 72.3 Å². The lowest BCUT2D eigenvalue weighted by Gasteiger charge is -2.14. The molecule has 2 heterocycles. The third-order valence-electron chi connectivity index (χ3n) is 8.17. The molecule has 0 N–H and O–H groups in total. The summed E-state index contributed by atoms with van der Waals surface area (Å²) in [7, 11) is 0. The maximum Gasteiger partial charge on any atom is 0.0991 e. The second-order valence-electron chi connectivity index (χ2n) is 10.5. The lowest BCUT2D eigenvalue weighted by Crippen LogP contribution is -1.97. The predicted octanol–water partition coefficient (Wildman–Crippen LogP) is 9.29. The van der Waals surface area contributed by atoms with E-state index in [0.29, 0.717) is 11.1 Å². The standard InChI is InChI=1S/C38H22N4/c39-23-25-15-18-28(19-16-25)42-36-14-4-1-9-31(36)33-12-6-11-30(38(33)42)27-7-5-8-29(22-27)41-35-13-3-2-10-32(35)34-21-26(24-40)17-20-37(34)41/h1-22H. The normalized spacial score (nSPS) is 11.3. The number of nitrogens with zero attached hydrogens (tertiary/aromatic N) is 4. The van der Waals surface area contributed by atoms with E-state index in [1.165, 1.54) is 10.8 Å². The summed E-state index contributed by atoms with van der Waals surface area (Å²) >= 11 is 0. The monoisotopic (exact) mass is 534 g/mol. The quantitative estimate of drug-likeness (QED) is 0.227. The number of hydrogen-bond acceptors (Lipinski definition) is 2.